The maximum Gasteiger partial charge on any atom is 0.472 e. The predicted octanol–water partition coefficient (Wildman–Crippen LogP) is 3.94. The second kappa shape index (κ2) is 11.2. The van der Waals surface area contributed by atoms with E-state index >= 15 is 0 Å². The van der Waals surface area contributed by atoms with E-state index in [4.69, 9.17) is 24.8 Å². The van der Waals surface area contributed by atoms with Crippen molar-refractivity contribution in [3.8, 4) is 17.1 Å². The van der Waals surface area contributed by atoms with Crippen molar-refractivity contribution in [2.75, 3.05) is 12.8 Å². The summed E-state index contributed by atoms with van der Waals surface area (Å²) in [5.41, 5.74) is 9.71. The minimum Gasteiger partial charge on any atom is -0.493 e. The van der Waals surface area contributed by atoms with Gasteiger partial charge in [-0.2, -0.15) is 0 Å². The summed E-state index contributed by atoms with van der Waals surface area (Å²) in [4.78, 5) is 17.8. The average molecular weight is 532 g/mol. The van der Waals surface area contributed by atoms with Gasteiger partial charge >= 0.3 is 7.82 Å². The third-order valence-electron chi connectivity index (χ3n) is 5.68. The smallest absolute Gasteiger partial charge is 0.472 e. The quantitative estimate of drug-likeness (QED) is 0.207. The first-order chi connectivity index (χ1) is 17.6. The van der Waals surface area contributed by atoms with Gasteiger partial charge in [-0.1, -0.05) is 29.4 Å². The van der Waals surface area contributed by atoms with Gasteiger partial charge in [-0.25, -0.2) is 22.4 Å². The van der Waals surface area contributed by atoms with E-state index in [-0.39, 0.29) is 11.6 Å². The molecule has 12 heteroatoms. The summed E-state index contributed by atoms with van der Waals surface area (Å²) in [6.07, 6.45) is 3.00. The van der Waals surface area contributed by atoms with Gasteiger partial charge in [0.15, 0.2) is 17.3 Å². The monoisotopic (exact) mass is 532 g/mol. The molecule has 2 heterocycles. The minimum atomic E-state index is -4.65. The molecular formula is C25H25F2N3O6P+. The normalized spacial score (nSPS) is 11.6. The van der Waals surface area contributed by atoms with Crippen molar-refractivity contribution in [3.63, 3.8) is 0 Å². The van der Waals surface area contributed by atoms with Crippen LogP contribution in [0.1, 0.15) is 22.4 Å². The zero-order valence-electron chi connectivity index (χ0n) is 19.8. The molecule has 0 fully saturated rings. The Bertz CT molecular complexity index is 1440. The highest BCUT2D eigenvalue weighted by molar-refractivity contribution is 7.46. The molecule has 0 aliphatic carbocycles. The molecule has 2 aromatic carbocycles. The van der Waals surface area contributed by atoms with E-state index in [1.54, 1.807) is 18.2 Å². The number of aromatic nitrogens is 2. The molecule has 0 aliphatic rings. The Balaban J connectivity index is 1.41. The number of rotatable bonds is 10. The molecule has 0 unspecified atom stereocenters. The van der Waals surface area contributed by atoms with Gasteiger partial charge in [-0.3, -0.25) is 5.73 Å². The van der Waals surface area contributed by atoms with Gasteiger partial charge in [0.2, 0.25) is 6.73 Å². The van der Waals surface area contributed by atoms with E-state index in [9.17, 15) is 13.3 Å². The van der Waals surface area contributed by atoms with Crippen LogP contribution in [0, 0.1) is 11.6 Å². The van der Waals surface area contributed by atoms with Gasteiger partial charge in [-0.05, 0) is 42.2 Å². The number of halogens is 2. The number of nitrogens with two attached hydrogens (primary N) is 1. The van der Waals surface area contributed by atoms with E-state index in [0.717, 1.165) is 17.2 Å². The molecule has 0 spiro atoms. The number of pyridine rings is 1. The maximum absolute atomic E-state index is 13.9. The molecule has 0 atom stereocenters. The number of hydrogen-bond donors (Lipinski definition) is 3. The Labute approximate surface area is 211 Å². The summed E-state index contributed by atoms with van der Waals surface area (Å²) in [5, 5.41) is 4.10. The lowest BCUT2D eigenvalue weighted by atomic mass is 10.0. The molecule has 4 aromatic rings. The number of methoxy groups -OCH3 is 1. The van der Waals surface area contributed by atoms with Crippen molar-refractivity contribution in [3.05, 3.63) is 94.8 Å². The fourth-order valence-corrected chi connectivity index (χ4v) is 4.16. The summed E-state index contributed by atoms with van der Waals surface area (Å²) in [7, 11) is -3.30. The van der Waals surface area contributed by atoms with Gasteiger partial charge in [0.1, 0.15) is 11.4 Å². The van der Waals surface area contributed by atoms with Gasteiger partial charge in [0, 0.05) is 24.1 Å². The van der Waals surface area contributed by atoms with Crippen LogP contribution in [0.25, 0.3) is 11.3 Å². The fraction of sp³-hybridized carbons (Fsp3) is 0.200. The number of phosphoric ester groups is 1. The second-order valence-electron chi connectivity index (χ2n) is 8.28. The number of anilines is 1. The van der Waals surface area contributed by atoms with Crippen LogP contribution >= 0.6 is 7.82 Å². The average Bonchev–Trinajstić information content (AvgIpc) is 3.30. The SMILES string of the molecule is COc1c(F)cc(F)cc1CCc1ccc(Cc2cc(-c3ccc[n+](COP(=O)(O)O)c3N)on2)cc1. The van der Waals surface area contributed by atoms with Crippen LogP contribution < -0.4 is 15.0 Å². The van der Waals surface area contributed by atoms with E-state index in [1.807, 2.05) is 24.3 Å². The molecule has 0 aliphatic heterocycles. The predicted molar refractivity (Wildman–Crippen MR) is 129 cm³/mol. The van der Waals surface area contributed by atoms with Gasteiger partial charge < -0.3 is 19.0 Å². The van der Waals surface area contributed by atoms with Crippen molar-refractivity contribution in [2.45, 2.75) is 26.0 Å². The lowest BCUT2D eigenvalue weighted by Crippen LogP contribution is -2.38. The highest BCUT2D eigenvalue weighted by Gasteiger charge is 2.21. The Kier molecular flexibility index (Phi) is 7.99. The highest BCUT2D eigenvalue weighted by Crippen LogP contribution is 2.35. The topological polar surface area (TPSA) is 132 Å². The molecule has 4 N–H and O–H groups in total. The summed E-state index contributed by atoms with van der Waals surface area (Å²) >= 11 is 0. The van der Waals surface area contributed by atoms with Crippen molar-refractivity contribution in [1.82, 2.24) is 5.16 Å². The van der Waals surface area contributed by atoms with Crippen LogP contribution in [0.15, 0.2) is 65.3 Å². The lowest BCUT2D eigenvalue weighted by molar-refractivity contribution is -0.711. The van der Waals surface area contributed by atoms with Gasteiger partial charge in [0.05, 0.1) is 19.0 Å². The van der Waals surface area contributed by atoms with Crippen molar-refractivity contribution < 1.29 is 41.5 Å². The van der Waals surface area contributed by atoms with Crippen LogP contribution in [0.5, 0.6) is 5.75 Å². The molecule has 2 aromatic heterocycles. The Morgan fingerprint density at radius 2 is 1.81 bits per heavy atom. The summed E-state index contributed by atoms with van der Waals surface area (Å²) in [6, 6.07) is 14.9. The first kappa shape index (κ1) is 26.4. The van der Waals surface area contributed by atoms with Crippen LogP contribution in [0.3, 0.4) is 0 Å². The number of benzene rings is 2. The lowest BCUT2D eigenvalue weighted by Gasteiger charge is -2.10. The van der Waals surface area contributed by atoms with Gasteiger partial charge in [0.25, 0.3) is 5.82 Å². The maximum atomic E-state index is 13.9. The number of ether oxygens (including phenoxy) is 1. The number of hydrogen-bond acceptors (Lipinski definition) is 6. The van der Waals surface area contributed by atoms with Crippen LogP contribution in [-0.2, 0) is 35.1 Å². The Hall–Kier alpha value is -3.63. The standard InChI is InChI=1S/C25H24F2N3O6P/c1-34-24-18(12-19(26)13-22(24)27)9-8-16-4-6-17(7-5-16)11-20-14-23(36-29-20)21-3-2-10-30(25(21)28)15-35-37(31,32)33/h2-7,10,12-14,28H,8-9,11,15H2,1H3,(H2,31,32,33)/p+1. The van der Waals surface area contributed by atoms with Crippen molar-refractivity contribution in [2.24, 2.45) is 0 Å². The minimum absolute atomic E-state index is 0.0544. The summed E-state index contributed by atoms with van der Waals surface area (Å²) < 4.78 is 54.9. The van der Waals surface area contributed by atoms with Crippen molar-refractivity contribution >= 4 is 13.6 Å². The van der Waals surface area contributed by atoms with Crippen LogP contribution in [-0.4, -0.2) is 22.1 Å². The Morgan fingerprint density at radius 3 is 2.51 bits per heavy atom. The molecule has 0 saturated heterocycles. The van der Waals surface area contributed by atoms with Gasteiger partial charge in [-0.15, -0.1) is 0 Å². The second-order valence-corrected chi connectivity index (χ2v) is 9.52. The molecule has 0 radical (unpaired) electrons. The van der Waals surface area contributed by atoms with E-state index < -0.39 is 26.2 Å². The molecule has 194 valence electrons. The summed E-state index contributed by atoms with van der Waals surface area (Å²) in [5.74, 6) is -0.721. The Morgan fingerprint density at radius 1 is 1.08 bits per heavy atom. The molecule has 9 nitrogen and oxygen atoms in total. The van der Waals surface area contributed by atoms with Crippen molar-refractivity contribution in [1.29, 1.82) is 0 Å². The molecule has 37 heavy (non-hydrogen) atoms. The molecule has 4 rings (SSSR count). The molecule has 0 bridgehead atoms. The zero-order valence-corrected chi connectivity index (χ0v) is 20.7. The highest BCUT2D eigenvalue weighted by atomic mass is 31.2. The van der Waals surface area contributed by atoms with E-state index in [1.165, 1.54) is 23.9 Å². The van der Waals surface area contributed by atoms with Crippen LogP contribution in [0.4, 0.5) is 14.6 Å². The number of phosphoric acid groups is 1. The largest absolute Gasteiger partial charge is 0.493 e. The first-order valence-corrected chi connectivity index (χ1v) is 12.7. The molecule has 0 amide bonds. The third kappa shape index (κ3) is 6.78. The number of aryl methyl sites for hydroxylation is 2. The fourth-order valence-electron chi connectivity index (χ4n) is 3.88. The van der Waals surface area contributed by atoms with E-state index in [0.29, 0.717) is 41.8 Å². The molecular weight excluding hydrogens is 507 g/mol. The first-order valence-electron chi connectivity index (χ1n) is 11.2. The third-order valence-corrected chi connectivity index (χ3v) is 6.14. The number of nitrogens with zero attached hydrogens (tertiary/aromatic N) is 2. The number of nitrogen functional groups attached to an aromatic ring is 1. The zero-order chi connectivity index (χ0) is 26.6. The van der Waals surface area contributed by atoms with E-state index in [2.05, 4.69) is 9.68 Å². The molecule has 0 saturated carbocycles. The summed E-state index contributed by atoms with van der Waals surface area (Å²) in [6.45, 7) is -0.432. The van der Waals surface area contributed by atoms with Crippen LogP contribution in [0.2, 0.25) is 0 Å².